The molecule has 0 spiro atoms. The van der Waals surface area contributed by atoms with Gasteiger partial charge in [-0.15, -0.1) is 0 Å². The summed E-state index contributed by atoms with van der Waals surface area (Å²) >= 11 is 0. The van der Waals surface area contributed by atoms with Crippen LogP contribution in [-0.4, -0.2) is 26.4 Å². The van der Waals surface area contributed by atoms with E-state index in [0.29, 0.717) is 16.6 Å². The van der Waals surface area contributed by atoms with Gasteiger partial charge in [0.2, 0.25) is 0 Å². The molecule has 0 aliphatic heterocycles. The number of nitrogens with zero attached hydrogens (tertiary/aromatic N) is 1. The lowest BCUT2D eigenvalue weighted by atomic mass is 9.94. The molecule has 3 rings (SSSR count). The maximum Gasteiger partial charge on any atom is 0.261 e. The van der Waals surface area contributed by atoms with Crippen LogP contribution in [0.3, 0.4) is 0 Å². The van der Waals surface area contributed by atoms with Crippen LogP contribution in [0.1, 0.15) is 48.8 Å². The molecular formula is C22H30N2O2S. The second-order valence-electron chi connectivity index (χ2n) is 7.72. The summed E-state index contributed by atoms with van der Waals surface area (Å²) in [7, 11) is -1.46. The van der Waals surface area contributed by atoms with Crippen molar-refractivity contribution < 1.29 is 8.42 Å². The Morgan fingerprint density at radius 2 is 1.70 bits per heavy atom. The third-order valence-corrected chi connectivity index (χ3v) is 7.03. The largest absolute Gasteiger partial charge is 0.299 e. The van der Waals surface area contributed by atoms with Crippen molar-refractivity contribution in [1.82, 2.24) is 4.90 Å². The molecule has 0 saturated heterocycles. The van der Waals surface area contributed by atoms with E-state index in [1.165, 1.54) is 32.1 Å². The fraction of sp³-hybridized carbons (Fsp3) is 0.455. The lowest BCUT2D eigenvalue weighted by molar-refractivity contribution is 0.185. The first-order chi connectivity index (χ1) is 12.9. The van der Waals surface area contributed by atoms with Gasteiger partial charge in [-0.2, -0.15) is 0 Å². The topological polar surface area (TPSA) is 49.4 Å². The van der Waals surface area contributed by atoms with E-state index in [2.05, 4.69) is 16.7 Å². The van der Waals surface area contributed by atoms with Gasteiger partial charge < -0.3 is 0 Å². The first kappa shape index (κ1) is 19.9. The summed E-state index contributed by atoms with van der Waals surface area (Å²) in [5.74, 6) is 0. The van der Waals surface area contributed by atoms with Gasteiger partial charge in [0.05, 0.1) is 10.6 Å². The van der Waals surface area contributed by atoms with E-state index in [1.54, 1.807) is 12.1 Å². The van der Waals surface area contributed by atoms with Gasteiger partial charge in [0.1, 0.15) is 0 Å². The van der Waals surface area contributed by atoms with E-state index < -0.39 is 10.0 Å². The van der Waals surface area contributed by atoms with Crippen molar-refractivity contribution >= 4 is 15.7 Å². The first-order valence-corrected chi connectivity index (χ1v) is 11.2. The van der Waals surface area contributed by atoms with E-state index in [9.17, 15) is 8.42 Å². The molecule has 0 heterocycles. The van der Waals surface area contributed by atoms with Crippen LogP contribution in [0.5, 0.6) is 0 Å². The smallest absolute Gasteiger partial charge is 0.261 e. The third kappa shape index (κ3) is 4.90. The van der Waals surface area contributed by atoms with Crippen molar-refractivity contribution in [3.05, 3.63) is 59.2 Å². The highest BCUT2D eigenvalue weighted by molar-refractivity contribution is 7.92. The quantitative estimate of drug-likeness (QED) is 0.771. The zero-order valence-electron chi connectivity index (χ0n) is 16.5. The second kappa shape index (κ2) is 8.44. The average molecular weight is 387 g/mol. The number of para-hydroxylation sites is 1. The molecule has 1 aliphatic carbocycles. The Morgan fingerprint density at radius 3 is 2.41 bits per heavy atom. The molecule has 1 fully saturated rings. The van der Waals surface area contributed by atoms with Crippen molar-refractivity contribution in [1.29, 1.82) is 0 Å². The minimum atomic E-state index is -3.60. The monoisotopic (exact) mass is 386 g/mol. The molecular weight excluding hydrogens is 356 g/mol. The molecule has 1 saturated carbocycles. The van der Waals surface area contributed by atoms with Crippen molar-refractivity contribution in [2.75, 3.05) is 11.8 Å². The van der Waals surface area contributed by atoms with Crippen LogP contribution >= 0.6 is 0 Å². The Bertz CT molecular complexity index is 887. The minimum Gasteiger partial charge on any atom is -0.299 e. The summed E-state index contributed by atoms with van der Waals surface area (Å²) in [6, 6.07) is 13.5. The van der Waals surface area contributed by atoms with Gasteiger partial charge in [-0.25, -0.2) is 8.42 Å². The Kier molecular flexibility index (Phi) is 6.22. The fourth-order valence-corrected chi connectivity index (χ4v) is 4.95. The zero-order chi connectivity index (χ0) is 19.4. The number of nitrogens with one attached hydrogen (secondary N) is 1. The predicted molar refractivity (Wildman–Crippen MR) is 112 cm³/mol. The molecule has 1 N–H and O–H groups in total. The van der Waals surface area contributed by atoms with Crippen LogP contribution in [0, 0.1) is 13.8 Å². The SMILES string of the molecule is Cc1ccc(S(=O)(=O)Nc2ccccc2CN(C)C2CCCCC2)cc1C. The number of benzene rings is 2. The number of hydrogen-bond donors (Lipinski definition) is 1. The van der Waals surface area contributed by atoms with Crippen LogP contribution in [0.25, 0.3) is 0 Å². The molecule has 27 heavy (non-hydrogen) atoms. The first-order valence-electron chi connectivity index (χ1n) is 9.75. The highest BCUT2D eigenvalue weighted by Gasteiger charge is 2.20. The van der Waals surface area contributed by atoms with Gasteiger partial charge >= 0.3 is 0 Å². The maximum absolute atomic E-state index is 12.9. The van der Waals surface area contributed by atoms with E-state index in [-0.39, 0.29) is 0 Å². The second-order valence-corrected chi connectivity index (χ2v) is 9.40. The molecule has 0 amide bonds. The summed E-state index contributed by atoms with van der Waals surface area (Å²) in [5.41, 5.74) is 3.74. The molecule has 0 atom stereocenters. The zero-order valence-corrected chi connectivity index (χ0v) is 17.3. The fourth-order valence-electron chi connectivity index (χ4n) is 3.76. The summed E-state index contributed by atoms with van der Waals surface area (Å²) < 4.78 is 28.6. The molecule has 146 valence electrons. The standard InChI is InChI=1S/C22H30N2O2S/c1-17-13-14-21(15-18(17)2)27(25,26)23-22-12-8-7-9-19(22)16-24(3)20-10-5-4-6-11-20/h7-9,12-15,20,23H,4-6,10-11,16H2,1-3H3. The van der Waals surface area contributed by atoms with Gasteiger partial charge in [-0.1, -0.05) is 43.5 Å². The van der Waals surface area contributed by atoms with Crippen molar-refractivity contribution in [3.63, 3.8) is 0 Å². The van der Waals surface area contributed by atoms with Crippen LogP contribution in [0.15, 0.2) is 47.4 Å². The van der Waals surface area contributed by atoms with E-state index in [0.717, 1.165) is 23.2 Å². The Morgan fingerprint density at radius 1 is 1.00 bits per heavy atom. The van der Waals surface area contributed by atoms with Crippen molar-refractivity contribution in [2.24, 2.45) is 0 Å². The van der Waals surface area contributed by atoms with Crippen LogP contribution in [-0.2, 0) is 16.6 Å². The Hall–Kier alpha value is -1.85. The van der Waals surface area contributed by atoms with Crippen molar-refractivity contribution in [2.45, 2.75) is 63.4 Å². The molecule has 2 aromatic carbocycles. The number of rotatable bonds is 6. The van der Waals surface area contributed by atoms with Crippen LogP contribution < -0.4 is 4.72 Å². The molecule has 2 aromatic rings. The highest BCUT2D eigenvalue weighted by Crippen LogP contribution is 2.26. The lowest BCUT2D eigenvalue weighted by Crippen LogP contribution is -2.33. The van der Waals surface area contributed by atoms with E-state index >= 15 is 0 Å². The molecule has 0 unspecified atom stereocenters. The Labute approximate surface area is 163 Å². The summed E-state index contributed by atoms with van der Waals surface area (Å²) in [6.07, 6.45) is 6.36. The normalized spacial score (nSPS) is 15.9. The van der Waals surface area contributed by atoms with Crippen LogP contribution in [0.4, 0.5) is 5.69 Å². The molecule has 4 nitrogen and oxygen atoms in total. The Balaban J connectivity index is 1.79. The number of anilines is 1. The van der Waals surface area contributed by atoms with E-state index in [4.69, 9.17) is 0 Å². The van der Waals surface area contributed by atoms with Gasteiger partial charge in [0, 0.05) is 12.6 Å². The minimum absolute atomic E-state index is 0.307. The van der Waals surface area contributed by atoms with Gasteiger partial charge in [0.15, 0.2) is 0 Å². The maximum atomic E-state index is 12.9. The van der Waals surface area contributed by atoms with Crippen molar-refractivity contribution in [3.8, 4) is 0 Å². The molecule has 0 aromatic heterocycles. The van der Waals surface area contributed by atoms with Gasteiger partial charge in [-0.05, 0) is 68.6 Å². The number of aryl methyl sites for hydroxylation is 2. The molecule has 1 aliphatic rings. The van der Waals surface area contributed by atoms with Crippen LogP contribution in [0.2, 0.25) is 0 Å². The summed E-state index contributed by atoms with van der Waals surface area (Å²) in [5, 5.41) is 0. The lowest BCUT2D eigenvalue weighted by Gasteiger charge is -2.31. The molecule has 0 bridgehead atoms. The highest BCUT2D eigenvalue weighted by atomic mass is 32.2. The molecule has 5 heteroatoms. The number of hydrogen-bond acceptors (Lipinski definition) is 3. The number of sulfonamides is 1. The average Bonchev–Trinajstić information content (AvgIpc) is 2.66. The summed E-state index contributed by atoms with van der Waals surface area (Å²) in [4.78, 5) is 2.67. The molecule has 0 radical (unpaired) electrons. The third-order valence-electron chi connectivity index (χ3n) is 5.67. The van der Waals surface area contributed by atoms with Gasteiger partial charge in [-0.3, -0.25) is 9.62 Å². The van der Waals surface area contributed by atoms with E-state index in [1.807, 2.05) is 44.2 Å². The van der Waals surface area contributed by atoms with Gasteiger partial charge in [0.25, 0.3) is 10.0 Å². The predicted octanol–water partition coefficient (Wildman–Crippen LogP) is 4.87. The summed E-state index contributed by atoms with van der Waals surface area (Å²) in [6.45, 7) is 4.66.